The van der Waals surface area contributed by atoms with E-state index in [4.69, 9.17) is 5.11 Å². The fraction of sp³-hybridized carbons (Fsp3) is 0.333. The molecular formula is C9H11N3O5. The second kappa shape index (κ2) is 5.64. The second-order valence-corrected chi connectivity index (χ2v) is 3.23. The lowest BCUT2D eigenvalue weighted by atomic mass is 10.4. The van der Waals surface area contributed by atoms with Crippen molar-refractivity contribution in [3.8, 4) is 0 Å². The maximum Gasteiger partial charge on any atom is 0.305 e. The first-order chi connectivity index (χ1) is 7.99. The van der Waals surface area contributed by atoms with Crippen LogP contribution in [0.5, 0.6) is 0 Å². The maximum absolute atomic E-state index is 11.3. The Morgan fingerprint density at radius 2 is 2.06 bits per heavy atom. The highest BCUT2D eigenvalue weighted by Gasteiger charge is 2.05. The minimum absolute atomic E-state index is 0.0278. The fourth-order valence-electron chi connectivity index (χ4n) is 1.09. The average molecular weight is 241 g/mol. The van der Waals surface area contributed by atoms with Gasteiger partial charge < -0.3 is 10.4 Å². The van der Waals surface area contributed by atoms with Gasteiger partial charge in [-0.05, 0) is 0 Å². The van der Waals surface area contributed by atoms with Gasteiger partial charge in [0.05, 0.1) is 6.42 Å². The number of rotatable bonds is 5. The van der Waals surface area contributed by atoms with Crippen LogP contribution in [0.1, 0.15) is 6.42 Å². The molecule has 1 aromatic rings. The molecule has 0 atom stereocenters. The van der Waals surface area contributed by atoms with Crippen LogP contribution >= 0.6 is 0 Å². The molecule has 1 heterocycles. The lowest BCUT2D eigenvalue weighted by molar-refractivity contribution is -0.136. The fourth-order valence-corrected chi connectivity index (χ4v) is 1.09. The van der Waals surface area contributed by atoms with Crippen molar-refractivity contribution < 1.29 is 14.7 Å². The molecule has 0 spiro atoms. The van der Waals surface area contributed by atoms with Crippen molar-refractivity contribution in [3.05, 3.63) is 32.8 Å². The highest BCUT2D eigenvalue weighted by Crippen LogP contribution is 1.78. The Balaban J connectivity index is 2.56. The Hall–Kier alpha value is -2.38. The number of aromatic amines is 1. The third-order valence-electron chi connectivity index (χ3n) is 1.85. The highest BCUT2D eigenvalue weighted by molar-refractivity contribution is 5.76. The molecule has 0 saturated carbocycles. The number of carboxylic acids is 1. The van der Waals surface area contributed by atoms with Crippen LogP contribution in [0.25, 0.3) is 0 Å². The molecule has 0 aromatic carbocycles. The third kappa shape index (κ3) is 4.33. The number of amides is 1. The smallest absolute Gasteiger partial charge is 0.305 e. The normalized spacial score (nSPS) is 9.88. The van der Waals surface area contributed by atoms with Crippen molar-refractivity contribution in [3.63, 3.8) is 0 Å². The topological polar surface area (TPSA) is 121 Å². The summed E-state index contributed by atoms with van der Waals surface area (Å²) in [6, 6.07) is 2.10. The van der Waals surface area contributed by atoms with Gasteiger partial charge in [0.25, 0.3) is 11.1 Å². The van der Waals surface area contributed by atoms with E-state index in [1.807, 2.05) is 0 Å². The molecule has 8 heteroatoms. The molecule has 0 bridgehead atoms. The summed E-state index contributed by atoms with van der Waals surface area (Å²) in [7, 11) is 0. The zero-order chi connectivity index (χ0) is 12.8. The Labute approximate surface area is 94.9 Å². The number of aliphatic carboxylic acids is 1. The van der Waals surface area contributed by atoms with Crippen LogP contribution in [0, 0.1) is 0 Å². The van der Waals surface area contributed by atoms with Gasteiger partial charge in [0.2, 0.25) is 5.91 Å². The van der Waals surface area contributed by atoms with Gasteiger partial charge >= 0.3 is 5.97 Å². The standard InChI is InChI=1S/C9H11N3O5/c13-6-1-2-8(15)12(11-6)5-7(14)10-4-3-9(16)17/h1-2H,3-5H2,(H,10,14)(H,11,13)(H,16,17). The van der Waals surface area contributed by atoms with Crippen LogP contribution in [0.15, 0.2) is 21.7 Å². The Kier molecular flexibility index (Phi) is 4.21. The number of hydrogen-bond donors (Lipinski definition) is 3. The van der Waals surface area contributed by atoms with Crippen LogP contribution in [0.3, 0.4) is 0 Å². The zero-order valence-electron chi connectivity index (χ0n) is 8.80. The number of carbonyl (C=O) groups excluding carboxylic acids is 1. The average Bonchev–Trinajstić information content (AvgIpc) is 2.23. The predicted molar refractivity (Wildman–Crippen MR) is 56.6 cm³/mol. The Morgan fingerprint density at radius 3 is 2.71 bits per heavy atom. The molecule has 0 fully saturated rings. The molecular weight excluding hydrogens is 230 g/mol. The van der Waals surface area contributed by atoms with Gasteiger partial charge in [0.15, 0.2) is 0 Å². The summed E-state index contributed by atoms with van der Waals surface area (Å²) in [6.07, 6.45) is -0.202. The van der Waals surface area contributed by atoms with E-state index in [9.17, 15) is 19.2 Å². The van der Waals surface area contributed by atoms with Crippen LogP contribution in [0.2, 0.25) is 0 Å². The SMILES string of the molecule is O=C(O)CCNC(=O)Cn1[nH]c(=O)ccc1=O. The number of nitrogens with one attached hydrogen (secondary N) is 2. The lowest BCUT2D eigenvalue weighted by Gasteiger charge is -2.05. The molecule has 1 rings (SSSR count). The molecule has 92 valence electrons. The van der Waals surface area contributed by atoms with E-state index in [1.54, 1.807) is 0 Å². The number of carbonyl (C=O) groups is 2. The van der Waals surface area contributed by atoms with Crippen molar-refractivity contribution in [2.75, 3.05) is 6.54 Å². The minimum atomic E-state index is -1.03. The van der Waals surface area contributed by atoms with Crippen LogP contribution in [0.4, 0.5) is 0 Å². The zero-order valence-corrected chi connectivity index (χ0v) is 8.80. The summed E-state index contributed by atoms with van der Waals surface area (Å²) < 4.78 is 0.846. The molecule has 0 radical (unpaired) electrons. The second-order valence-electron chi connectivity index (χ2n) is 3.23. The number of hydrogen-bond acceptors (Lipinski definition) is 4. The Bertz CT molecular complexity index is 530. The predicted octanol–water partition coefficient (Wildman–Crippen LogP) is -1.87. The quantitative estimate of drug-likeness (QED) is 0.557. The van der Waals surface area contributed by atoms with E-state index in [-0.39, 0.29) is 19.5 Å². The number of H-pyrrole nitrogens is 1. The molecule has 1 amide bonds. The van der Waals surface area contributed by atoms with Crippen molar-refractivity contribution >= 4 is 11.9 Å². The highest BCUT2D eigenvalue weighted by atomic mass is 16.4. The van der Waals surface area contributed by atoms with Gasteiger partial charge in [-0.3, -0.25) is 24.3 Å². The van der Waals surface area contributed by atoms with Crippen LogP contribution in [-0.4, -0.2) is 33.3 Å². The number of aromatic nitrogens is 2. The Morgan fingerprint density at radius 1 is 1.35 bits per heavy atom. The largest absolute Gasteiger partial charge is 0.481 e. The lowest BCUT2D eigenvalue weighted by Crippen LogP contribution is -2.36. The first kappa shape index (κ1) is 12.7. The van der Waals surface area contributed by atoms with Gasteiger partial charge in [-0.2, -0.15) is 0 Å². The molecule has 1 aromatic heterocycles. The molecule has 17 heavy (non-hydrogen) atoms. The van der Waals surface area contributed by atoms with Gasteiger partial charge in [0.1, 0.15) is 6.54 Å². The monoisotopic (exact) mass is 241 g/mol. The van der Waals surface area contributed by atoms with Gasteiger partial charge in [0, 0.05) is 18.7 Å². The first-order valence-corrected chi connectivity index (χ1v) is 4.77. The van der Waals surface area contributed by atoms with E-state index in [0.29, 0.717) is 0 Å². The number of carboxylic acid groups (broad SMARTS) is 1. The van der Waals surface area contributed by atoms with Crippen LogP contribution in [-0.2, 0) is 16.1 Å². The minimum Gasteiger partial charge on any atom is -0.481 e. The molecule has 0 aliphatic heterocycles. The third-order valence-corrected chi connectivity index (χ3v) is 1.85. The molecule has 8 nitrogen and oxygen atoms in total. The summed E-state index contributed by atoms with van der Waals surface area (Å²) in [4.78, 5) is 43.6. The summed E-state index contributed by atoms with van der Waals surface area (Å²) in [5, 5.41) is 12.8. The van der Waals surface area contributed by atoms with Crippen molar-refractivity contribution in [1.29, 1.82) is 0 Å². The van der Waals surface area contributed by atoms with Gasteiger partial charge in [-0.15, -0.1) is 0 Å². The molecule has 0 aliphatic carbocycles. The van der Waals surface area contributed by atoms with Crippen molar-refractivity contribution in [1.82, 2.24) is 15.1 Å². The summed E-state index contributed by atoms with van der Waals surface area (Å²) in [6.45, 7) is -0.380. The van der Waals surface area contributed by atoms with Gasteiger partial charge in [-0.1, -0.05) is 0 Å². The van der Waals surface area contributed by atoms with Gasteiger partial charge in [-0.25, -0.2) is 4.68 Å². The van der Waals surface area contributed by atoms with E-state index in [2.05, 4.69) is 10.4 Å². The summed E-state index contributed by atoms with van der Waals surface area (Å²) in [5.41, 5.74) is -1.01. The molecule has 3 N–H and O–H groups in total. The number of nitrogens with zero attached hydrogens (tertiary/aromatic N) is 1. The van der Waals surface area contributed by atoms with E-state index >= 15 is 0 Å². The van der Waals surface area contributed by atoms with Crippen molar-refractivity contribution in [2.45, 2.75) is 13.0 Å². The van der Waals surface area contributed by atoms with Crippen molar-refractivity contribution in [2.24, 2.45) is 0 Å². The molecule has 0 aliphatic rings. The van der Waals surface area contributed by atoms with E-state index in [1.165, 1.54) is 0 Å². The van der Waals surface area contributed by atoms with E-state index in [0.717, 1.165) is 16.8 Å². The summed E-state index contributed by atoms with van der Waals surface area (Å²) >= 11 is 0. The maximum atomic E-state index is 11.3. The summed E-state index contributed by atoms with van der Waals surface area (Å²) in [5.74, 6) is -1.58. The molecule has 0 unspecified atom stereocenters. The first-order valence-electron chi connectivity index (χ1n) is 4.77. The van der Waals surface area contributed by atoms with E-state index < -0.39 is 23.0 Å². The molecule has 0 saturated heterocycles. The van der Waals surface area contributed by atoms with Crippen LogP contribution < -0.4 is 16.4 Å².